The Balaban J connectivity index is 1.29. The molecule has 2 heterocycles. The normalized spacial score (nSPS) is 19.6. The lowest BCUT2D eigenvalue weighted by Crippen LogP contribution is -2.52. The molecule has 186 valence electrons. The molecule has 1 saturated carbocycles. The van der Waals surface area contributed by atoms with E-state index >= 15 is 0 Å². The standard InChI is InChI=1S/C27H32IN3O4/c1-3-35-24-15-23(25(32)34-2)22(18-4-5-18)14-19(24)16-30-12-10-27(11-13-30)17-31(26(33)29-27)21-8-6-20(28)7-9-21/h6-9,14-15,18H,3-5,10-13,16-17H2,1-2H3,(H,29,33). The number of urea groups is 1. The molecule has 2 aliphatic heterocycles. The van der Waals surface area contributed by atoms with E-state index in [9.17, 15) is 9.59 Å². The van der Waals surface area contributed by atoms with Gasteiger partial charge in [0.1, 0.15) is 5.75 Å². The first kappa shape index (κ1) is 24.4. The summed E-state index contributed by atoms with van der Waals surface area (Å²) in [4.78, 5) is 29.5. The Labute approximate surface area is 220 Å². The predicted molar refractivity (Wildman–Crippen MR) is 143 cm³/mol. The summed E-state index contributed by atoms with van der Waals surface area (Å²) in [5, 5.41) is 3.29. The Morgan fingerprint density at radius 3 is 2.51 bits per heavy atom. The molecule has 0 atom stereocenters. The molecule has 0 unspecified atom stereocenters. The molecule has 0 bridgehead atoms. The first-order valence-electron chi connectivity index (χ1n) is 12.4. The number of nitrogens with one attached hydrogen (secondary N) is 1. The Hall–Kier alpha value is -2.33. The van der Waals surface area contributed by atoms with Crippen molar-refractivity contribution in [3.05, 3.63) is 56.7 Å². The zero-order chi connectivity index (χ0) is 24.6. The number of piperidine rings is 1. The van der Waals surface area contributed by atoms with Gasteiger partial charge in [-0.05, 0) is 103 Å². The number of esters is 1. The van der Waals surface area contributed by atoms with Gasteiger partial charge in [-0.25, -0.2) is 9.59 Å². The Morgan fingerprint density at radius 2 is 1.89 bits per heavy atom. The van der Waals surface area contributed by atoms with Gasteiger partial charge < -0.3 is 14.8 Å². The third kappa shape index (κ3) is 5.14. The van der Waals surface area contributed by atoms with E-state index in [4.69, 9.17) is 9.47 Å². The minimum Gasteiger partial charge on any atom is -0.494 e. The van der Waals surface area contributed by atoms with Crippen LogP contribution in [0.25, 0.3) is 0 Å². The van der Waals surface area contributed by atoms with Gasteiger partial charge in [-0.2, -0.15) is 0 Å². The molecule has 2 aromatic carbocycles. The Bertz CT molecular complexity index is 1110. The molecule has 0 radical (unpaired) electrons. The van der Waals surface area contributed by atoms with Gasteiger partial charge >= 0.3 is 12.0 Å². The number of methoxy groups -OCH3 is 1. The fraction of sp³-hybridized carbons (Fsp3) is 0.481. The second kappa shape index (κ2) is 9.97. The van der Waals surface area contributed by atoms with E-state index in [2.05, 4.69) is 38.9 Å². The van der Waals surface area contributed by atoms with Crippen LogP contribution in [0.2, 0.25) is 0 Å². The molecular weight excluding hydrogens is 557 g/mol. The van der Waals surface area contributed by atoms with Crippen LogP contribution in [0.15, 0.2) is 36.4 Å². The van der Waals surface area contributed by atoms with Crippen molar-refractivity contribution in [2.75, 3.05) is 38.3 Å². The summed E-state index contributed by atoms with van der Waals surface area (Å²) >= 11 is 2.28. The molecule has 3 aliphatic rings. The van der Waals surface area contributed by atoms with Gasteiger partial charge in [0.25, 0.3) is 0 Å². The summed E-state index contributed by atoms with van der Waals surface area (Å²) in [7, 11) is 1.43. The number of nitrogens with zero attached hydrogens (tertiary/aromatic N) is 2. The van der Waals surface area contributed by atoms with Crippen LogP contribution in [0.3, 0.4) is 0 Å². The maximum atomic E-state index is 12.8. The zero-order valence-electron chi connectivity index (χ0n) is 20.3. The van der Waals surface area contributed by atoms with Crippen LogP contribution in [-0.2, 0) is 11.3 Å². The fourth-order valence-corrected chi connectivity index (χ4v) is 5.64. The van der Waals surface area contributed by atoms with Gasteiger partial charge in [0.15, 0.2) is 0 Å². The molecule has 1 N–H and O–H groups in total. The molecule has 35 heavy (non-hydrogen) atoms. The predicted octanol–water partition coefficient (Wildman–Crippen LogP) is 4.92. The van der Waals surface area contributed by atoms with Crippen LogP contribution in [0, 0.1) is 3.57 Å². The van der Waals surface area contributed by atoms with Crippen molar-refractivity contribution >= 4 is 40.3 Å². The number of benzene rings is 2. The number of halogens is 1. The molecule has 3 fully saturated rings. The van der Waals surface area contributed by atoms with Crippen LogP contribution in [0.4, 0.5) is 10.5 Å². The number of anilines is 1. The molecule has 2 aromatic rings. The SMILES string of the molecule is CCOc1cc(C(=O)OC)c(C2CC2)cc1CN1CCC2(CC1)CN(c1ccc(I)cc1)C(=O)N2. The third-order valence-electron chi connectivity index (χ3n) is 7.38. The molecule has 2 saturated heterocycles. The van der Waals surface area contributed by atoms with Crippen molar-refractivity contribution in [3.63, 3.8) is 0 Å². The first-order valence-corrected chi connectivity index (χ1v) is 13.4. The highest BCUT2D eigenvalue weighted by molar-refractivity contribution is 14.1. The molecule has 1 spiro atoms. The van der Waals surface area contributed by atoms with Gasteiger partial charge in [0.2, 0.25) is 0 Å². The van der Waals surface area contributed by atoms with E-state index in [1.165, 1.54) is 7.11 Å². The number of hydrogen-bond acceptors (Lipinski definition) is 5. The number of likely N-dealkylation sites (tertiary alicyclic amines) is 1. The van der Waals surface area contributed by atoms with E-state index in [1.807, 2.05) is 42.2 Å². The zero-order valence-corrected chi connectivity index (χ0v) is 22.5. The van der Waals surface area contributed by atoms with E-state index < -0.39 is 0 Å². The molecule has 0 aromatic heterocycles. The molecule has 8 heteroatoms. The summed E-state index contributed by atoms with van der Waals surface area (Å²) in [6, 6.07) is 12.1. The van der Waals surface area contributed by atoms with Crippen molar-refractivity contribution in [1.29, 1.82) is 0 Å². The van der Waals surface area contributed by atoms with E-state index in [-0.39, 0.29) is 17.5 Å². The lowest BCUT2D eigenvalue weighted by Gasteiger charge is -2.39. The highest BCUT2D eigenvalue weighted by Crippen LogP contribution is 2.44. The largest absolute Gasteiger partial charge is 0.494 e. The van der Waals surface area contributed by atoms with Crippen molar-refractivity contribution in [3.8, 4) is 5.75 Å². The second-order valence-corrected chi connectivity index (χ2v) is 11.0. The number of ether oxygens (including phenoxy) is 2. The fourth-order valence-electron chi connectivity index (χ4n) is 5.28. The van der Waals surface area contributed by atoms with Crippen LogP contribution in [0.5, 0.6) is 5.75 Å². The number of carbonyl (C=O) groups is 2. The van der Waals surface area contributed by atoms with E-state index in [0.717, 1.165) is 71.5 Å². The molecule has 5 rings (SSSR count). The summed E-state index contributed by atoms with van der Waals surface area (Å²) in [5.41, 5.74) is 3.59. The molecule has 1 aliphatic carbocycles. The monoisotopic (exact) mass is 589 g/mol. The number of rotatable bonds is 7. The van der Waals surface area contributed by atoms with Crippen molar-refractivity contribution in [1.82, 2.24) is 10.2 Å². The molecule has 7 nitrogen and oxygen atoms in total. The highest BCUT2D eigenvalue weighted by Gasteiger charge is 2.45. The summed E-state index contributed by atoms with van der Waals surface area (Å²) < 4.78 is 12.1. The topological polar surface area (TPSA) is 71.1 Å². The Morgan fingerprint density at radius 1 is 1.17 bits per heavy atom. The molecular formula is C27H32IN3O4. The average Bonchev–Trinajstić information content (AvgIpc) is 3.65. The van der Waals surface area contributed by atoms with E-state index in [1.54, 1.807) is 0 Å². The number of amides is 2. The van der Waals surface area contributed by atoms with Gasteiger partial charge in [-0.3, -0.25) is 9.80 Å². The maximum absolute atomic E-state index is 12.8. The van der Waals surface area contributed by atoms with Gasteiger partial charge in [-0.1, -0.05) is 0 Å². The second-order valence-electron chi connectivity index (χ2n) is 9.80. The van der Waals surface area contributed by atoms with Gasteiger partial charge in [0, 0.05) is 34.5 Å². The average molecular weight is 589 g/mol. The number of carbonyl (C=O) groups excluding carboxylic acids is 2. The number of hydrogen-bond donors (Lipinski definition) is 1. The van der Waals surface area contributed by atoms with Crippen LogP contribution < -0.4 is 15.0 Å². The highest BCUT2D eigenvalue weighted by atomic mass is 127. The van der Waals surface area contributed by atoms with Gasteiger partial charge in [0.05, 0.1) is 31.4 Å². The summed E-state index contributed by atoms with van der Waals surface area (Å²) in [6.07, 6.45) is 4.03. The minimum absolute atomic E-state index is 0.00855. The molecule has 2 amide bonds. The van der Waals surface area contributed by atoms with Crippen LogP contribution in [0.1, 0.15) is 60.0 Å². The summed E-state index contributed by atoms with van der Waals surface area (Å²) in [5.74, 6) is 0.898. The smallest absolute Gasteiger partial charge is 0.338 e. The third-order valence-corrected chi connectivity index (χ3v) is 8.10. The first-order chi connectivity index (χ1) is 16.9. The van der Waals surface area contributed by atoms with Crippen LogP contribution in [-0.4, -0.2) is 55.8 Å². The van der Waals surface area contributed by atoms with Gasteiger partial charge in [-0.15, -0.1) is 0 Å². The lowest BCUT2D eigenvalue weighted by atomic mass is 9.88. The van der Waals surface area contributed by atoms with Crippen molar-refractivity contribution in [2.24, 2.45) is 0 Å². The van der Waals surface area contributed by atoms with Crippen molar-refractivity contribution in [2.45, 2.75) is 50.6 Å². The lowest BCUT2D eigenvalue weighted by molar-refractivity contribution is 0.0598. The maximum Gasteiger partial charge on any atom is 0.338 e. The minimum atomic E-state index is -0.297. The van der Waals surface area contributed by atoms with Crippen LogP contribution >= 0.6 is 22.6 Å². The summed E-state index contributed by atoms with van der Waals surface area (Å²) in [6.45, 7) is 5.75. The quantitative estimate of drug-likeness (QED) is 0.367. The van der Waals surface area contributed by atoms with E-state index in [0.29, 0.717) is 24.6 Å². The Kier molecular flexibility index (Phi) is 6.94. The van der Waals surface area contributed by atoms with Crippen molar-refractivity contribution < 1.29 is 19.1 Å².